The molecule has 0 bridgehead atoms. The van der Waals surface area contributed by atoms with Crippen molar-refractivity contribution in [1.29, 1.82) is 0 Å². The van der Waals surface area contributed by atoms with Crippen LogP contribution in [-0.4, -0.2) is 26.1 Å². The number of hydrogen-bond acceptors (Lipinski definition) is 3. The van der Waals surface area contributed by atoms with Gasteiger partial charge in [-0.05, 0) is 29.8 Å². The highest BCUT2D eigenvalue weighted by atomic mass is 16.5. The Hall–Kier alpha value is -3.02. The summed E-state index contributed by atoms with van der Waals surface area (Å²) < 4.78 is 5.17. The number of ether oxygens (including phenoxy) is 1. The molecule has 6 heteroatoms. The fourth-order valence-corrected chi connectivity index (χ4v) is 2.02. The van der Waals surface area contributed by atoms with E-state index in [9.17, 15) is 9.59 Å². The van der Waals surface area contributed by atoms with Crippen LogP contribution in [0.2, 0.25) is 0 Å². The molecule has 0 radical (unpaired) electrons. The lowest BCUT2D eigenvalue weighted by Crippen LogP contribution is -2.28. The summed E-state index contributed by atoms with van der Waals surface area (Å²) in [5.41, 5.74) is 2.07. The van der Waals surface area contributed by atoms with Gasteiger partial charge in [-0.1, -0.05) is 24.3 Å². The Balaban J connectivity index is 1.90. The molecule has 0 saturated heterocycles. The SMILES string of the molecule is CNC(=O)c1ccc(CNC(=O)Nc2ccccc2OC)cc1. The van der Waals surface area contributed by atoms with Gasteiger partial charge in [0.1, 0.15) is 5.75 Å². The number of carbonyl (C=O) groups is 2. The van der Waals surface area contributed by atoms with E-state index in [0.29, 0.717) is 23.5 Å². The molecule has 0 fully saturated rings. The first kappa shape index (κ1) is 16.4. The highest BCUT2D eigenvalue weighted by Gasteiger charge is 2.07. The summed E-state index contributed by atoms with van der Waals surface area (Å²) in [7, 11) is 3.13. The molecule has 2 aromatic carbocycles. The maximum absolute atomic E-state index is 11.9. The van der Waals surface area contributed by atoms with Crippen molar-refractivity contribution in [3.05, 3.63) is 59.7 Å². The topological polar surface area (TPSA) is 79.5 Å². The summed E-state index contributed by atoms with van der Waals surface area (Å²) >= 11 is 0. The molecule has 0 aliphatic heterocycles. The molecule has 6 nitrogen and oxygen atoms in total. The standard InChI is InChI=1S/C17H19N3O3/c1-18-16(21)13-9-7-12(8-10-13)11-19-17(22)20-14-5-3-4-6-15(14)23-2/h3-10H,11H2,1-2H3,(H,18,21)(H2,19,20,22). The molecule has 0 heterocycles. The summed E-state index contributed by atoms with van der Waals surface area (Å²) in [4.78, 5) is 23.4. The number of amides is 3. The summed E-state index contributed by atoms with van der Waals surface area (Å²) in [5, 5.41) is 8.05. The zero-order chi connectivity index (χ0) is 16.7. The van der Waals surface area contributed by atoms with Gasteiger partial charge < -0.3 is 20.7 Å². The van der Waals surface area contributed by atoms with Gasteiger partial charge in [0.2, 0.25) is 0 Å². The number of hydrogen-bond donors (Lipinski definition) is 3. The van der Waals surface area contributed by atoms with E-state index in [-0.39, 0.29) is 11.9 Å². The predicted molar refractivity (Wildman–Crippen MR) is 88.7 cm³/mol. The van der Waals surface area contributed by atoms with Gasteiger partial charge in [-0.2, -0.15) is 0 Å². The van der Waals surface area contributed by atoms with E-state index in [2.05, 4.69) is 16.0 Å². The predicted octanol–water partition coefficient (Wildman–Crippen LogP) is 2.38. The molecule has 3 amide bonds. The van der Waals surface area contributed by atoms with Crippen molar-refractivity contribution in [3.63, 3.8) is 0 Å². The smallest absolute Gasteiger partial charge is 0.319 e. The van der Waals surface area contributed by atoms with E-state index in [0.717, 1.165) is 5.56 Å². The second kappa shape index (κ2) is 7.84. The van der Waals surface area contributed by atoms with E-state index in [4.69, 9.17) is 4.74 Å². The number of rotatable bonds is 5. The average molecular weight is 313 g/mol. The molecule has 0 aliphatic carbocycles. The molecule has 0 saturated carbocycles. The van der Waals surface area contributed by atoms with Gasteiger partial charge in [0.25, 0.3) is 5.91 Å². The van der Waals surface area contributed by atoms with Crippen LogP contribution in [0, 0.1) is 0 Å². The Morgan fingerprint density at radius 2 is 1.74 bits per heavy atom. The van der Waals surface area contributed by atoms with E-state index in [1.54, 1.807) is 50.6 Å². The summed E-state index contributed by atoms with van der Waals surface area (Å²) in [6.45, 7) is 0.356. The number of methoxy groups -OCH3 is 1. The molecular formula is C17H19N3O3. The van der Waals surface area contributed by atoms with Crippen molar-refractivity contribution in [1.82, 2.24) is 10.6 Å². The minimum absolute atomic E-state index is 0.140. The quantitative estimate of drug-likeness (QED) is 0.793. The van der Waals surface area contributed by atoms with Crippen LogP contribution in [0.4, 0.5) is 10.5 Å². The Morgan fingerprint density at radius 3 is 2.39 bits per heavy atom. The van der Waals surface area contributed by atoms with Crippen LogP contribution < -0.4 is 20.7 Å². The lowest BCUT2D eigenvalue weighted by molar-refractivity contribution is 0.0963. The number of anilines is 1. The Morgan fingerprint density at radius 1 is 1.04 bits per heavy atom. The van der Waals surface area contributed by atoms with Crippen LogP contribution in [-0.2, 0) is 6.54 Å². The largest absolute Gasteiger partial charge is 0.495 e. The lowest BCUT2D eigenvalue weighted by Gasteiger charge is -2.11. The maximum atomic E-state index is 11.9. The van der Waals surface area contributed by atoms with Crippen LogP contribution in [0.15, 0.2) is 48.5 Å². The number of urea groups is 1. The van der Waals surface area contributed by atoms with Gasteiger partial charge in [0, 0.05) is 19.2 Å². The van der Waals surface area contributed by atoms with Crippen molar-refractivity contribution in [2.75, 3.05) is 19.5 Å². The van der Waals surface area contributed by atoms with Gasteiger partial charge >= 0.3 is 6.03 Å². The van der Waals surface area contributed by atoms with Crippen LogP contribution in [0.25, 0.3) is 0 Å². The van der Waals surface area contributed by atoms with Gasteiger partial charge in [-0.3, -0.25) is 4.79 Å². The second-order valence-corrected chi connectivity index (χ2v) is 4.78. The van der Waals surface area contributed by atoms with Crippen LogP contribution in [0.3, 0.4) is 0 Å². The van der Waals surface area contributed by atoms with Crippen molar-refractivity contribution >= 4 is 17.6 Å². The Kier molecular flexibility index (Phi) is 5.57. The maximum Gasteiger partial charge on any atom is 0.319 e. The third-order valence-corrected chi connectivity index (χ3v) is 3.25. The molecule has 2 rings (SSSR count). The van der Waals surface area contributed by atoms with Gasteiger partial charge in [-0.25, -0.2) is 4.79 Å². The molecular weight excluding hydrogens is 294 g/mol. The average Bonchev–Trinajstić information content (AvgIpc) is 2.60. The fraction of sp³-hybridized carbons (Fsp3) is 0.176. The van der Waals surface area contributed by atoms with Crippen molar-refractivity contribution in [3.8, 4) is 5.75 Å². The summed E-state index contributed by atoms with van der Waals surface area (Å²) in [5.74, 6) is 0.455. The number of benzene rings is 2. The third kappa shape index (κ3) is 4.47. The molecule has 23 heavy (non-hydrogen) atoms. The minimum Gasteiger partial charge on any atom is -0.495 e. The minimum atomic E-state index is -0.329. The van der Waals surface area contributed by atoms with E-state index < -0.39 is 0 Å². The molecule has 120 valence electrons. The Bertz CT molecular complexity index is 684. The first-order valence-corrected chi connectivity index (χ1v) is 7.13. The first-order valence-electron chi connectivity index (χ1n) is 7.13. The number of para-hydroxylation sites is 2. The zero-order valence-corrected chi connectivity index (χ0v) is 13.1. The normalized spacial score (nSPS) is 9.83. The number of nitrogens with one attached hydrogen (secondary N) is 3. The summed E-state index contributed by atoms with van der Waals surface area (Å²) in [6.07, 6.45) is 0. The van der Waals surface area contributed by atoms with Crippen molar-refractivity contribution < 1.29 is 14.3 Å². The molecule has 2 aromatic rings. The van der Waals surface area contributed by atoms with Gasteiger partial charge in [0.15, 0.2) is 0 Å². The van der Waals surface area contributed by atoms with Crippen molar-refractivity contribution in [2.24, 2.45) is 0 Å². The lowest BCUT2D eigenvalue weighted by atomic mass is 10.1. The van der Waals surface area contributed by atoms with Crippen LogP contribution >= 0.6 is 0 Å². The molecule has 0 atom stereocenters. The zero-order valence-electron chi connectivity index (χ0n) is 13.1. The van der Waals surface area contributed by atoms with Gasteiger partial charge in [0.05, 0.1) is 12.8 Å². The van der Waals surface area contributed by atoms with E-state index in [1.165, 1.54) is 0 Å². The fourth-order valence-electron chi connectivity index (χ4n) is 2.02. The van der Waals surface area contributed by atoms with Crippen LogP contribution in [0.5, 0.6) is 5.75 Å². The molecule has 0 aliphatic rings. The molecule has 0 unspecified atom stereocenters. The highest BCUT2D eigenvalue weighted by Crippen LogP contribution is 2.22. The molecule has 0 aromatic heterocycles. The highest BCUT2D eigenvalue weighted by molar-refractivity contribution is 5.94. The second-order valence-electron chi connectivity index (χ2n) is 4.78. The van der Waals surface area contributed by atoms with Gasteiger partial charge in [-0.15, -0.1) is 0 Å². The monoisotopic (exact) mass is 313 g/mol. The molecule has 0 spiro atoms. The summed E-state index contributed by atoms with van der Waals surface area (Å²) in [6, 6.07) is 13.9. The van der Waals surface area contributed by atoms with E-state index >= 15 is 0 Å². The van der Waals surface area contributed by atoms with Crippen molar-refractivity contribution in [2.45, 2.75) is 6.54 Å². The Labute approximate surface area is 134 Å². The third-order valence-electron chi connectivity index (χ3n) is 3.25. The first-order chi connectivity index (χ1) is 11.1. The van der Waals surface area contributed by atoms with Crippen LogP contribution in [0.1, 0.15) is 15.9 Å². The van der Waals surface area contributed by atoms with E-state index in [1.807, 2.05) is 12.1 Å². The number of carbonyl (C=O) groups excluding carboxylic acids is 2. The molecule has 3 N–H and O–H groups in total.